The number of ether oxygens (including phenoxy) is 2. The average molecular weight is 663 g/mol. The molecule has 3 amide bonds. The second-order valence-corrected chi connectivity index (χ2v) is 13.4. The maximum Gasteiger partial charge on any atom is 0.407 e. The van der Waals surface area contributed by atoms with Crippen molar-refractivity contribution in [3.63, 3.8) is 0 Å². The fourth-order valence-electron chi connectivity index (χ4n) is 7.03. The predicted octanol–water partition coefficient (Wildman–Crippen LogP) is 4.74. The molecule has 1 aromatic carbocycles. The summed E-state index contributed by atoms with van der Waals surface area (Å²) < 4.78 is 12.0. The maximum atomic E-state index is 14.0. The number of fused-ring (bicyclic) bond motifs is 3. The first-order chi connectivity index (χ1) is 22.7. The number of carboxylic acids is 1. The highest BCUT2D eigenvalue weighted by Crippen LogP contribution is 2.45. The number of aromatic nitrogens is 1. The molecule has 11 nitrogen and oxygen atoms in total. The molecule has 12 heteroatoms. The van der Waals surface area contributed by atoms with Crippen molar-refractivity contribution in [2.75, 3.05) is 6.54 Å². The second kappa shape index (κ2) is 13.8. The number of benzene rings is 1. The molecule has 3 N–H and O–H groups in total. The van der Waals surface area contributed by atoms with Gasteiger partial charge in [0.15, 0.2) is 0 Å². The molecule has 1 aromatic heterocycles. The lowest BCUT2D eigenvalue weighted by atomic mass is 10.0. The van der Waals surface area contributed by atoms with E-state index in [0.717, 1.165) is 44.9 Å². The lowest BCUT2D eigenvalue weighted by molar-refractivity contribution is -0.145. The Morgan fingerprint density at radius 3 is 2.70 bits per heavy atom. The van der Waals surface area contributed by atoms with Gasteiger partial charge in [-0.3, -0.25) is 9.59 Å². The number of hydrogen-bond donors (Lipinski definition) is 3. The van der Waals surface area contributed by atoms with Crippen molar-refractivity contribution in [3.05, 3.63) is 47.1 Å². The van der Waals surface area contributed by atoms with Crippen molar-refractivity contribution < 1.29 is 33.8 Å². The third kappa shape index (κ3) is 7.18. The van der Waals surface area contributed by atoms with E-state index in [1.165, 1.54) is 4.90 Å². The maximum absolute atomic E-state index is 14.0. The number of nitrogens with one attached hydrogen (secondary N) is 2. The molecular weight excluding hydrogens is 624 g/mol. The van der Waals surface area contributed by atoms with Crippen LogP contribution < -0.4 is 15.4 Å². The van der Waals surface area contributed by atoms with Crippen molar-refractivity contribution in [3.8, 4) is 18.1 Å². The first kappa shape index (κ1) is 32.6. The van der Waals surface area contributed by atoms with Gasteiger partial charge in [-0.1, -0.05) is 42.2 Å². The number of allylic oxidation sites excluding steroid dienone is 1. The SMILES string of the molecule is C#Cc1cc(O[C@@H]2C[C@H]3C(=O)N[C@]4(C(=O)O)C[C@H]4/C=C\CCCC[C@H](NC(=O)OC4CCCC4)CC(=O)N3C2)c2cccc(Cl)c2n1. The number of carbonyl (C=O) groups is 4. The fourth-order valence-corrected chi connectivity index (χ4v) is 7.25. The van der Waals surface area contributed by atoms with Crippen LogP contribution in [0.1, 0.15) is 76.3 Å². The lowest BCUT2D eigenvalue weighted by Gasteiger charge is -2.27. The molecule has 5 atom stereocenters. The van der Waals surface area contributed by atoms with Gasteiger partial charge < -0.3 is 30.1 Å². The number of hydrogen-bond acceptors (Lipinski definition) is 7. The molecule has 0 unspecified atom stereocenters. The number of alkyl carbamates (subject to hydrolysis) is 1. The van der Waals surface area contributed by atoms with Gasteiger partial charge in [0.1, 0.15) is 35.2 Å². The van der Waals surface area contributed by atoms with Crippen LogP contribution in [0.4, 0.5) is 4.79 Å². The molecule has 3 heterocycles. The number of carboxylic acid groups (broad SMARTS) is 1. The molecule has 47 heavy (non-hydrogen) atoms. The first-order valence-corrected chi connectivity index (χ1v) is 16.8. The van der Waals surface area contributed by atoms with Crippen molar-refractivity contribution in [1.82, 2.24) is 20.5 Å². The minimum atomic E-state index is -1.42. The largest absolute Gasteiger partial charge is 0.488 e. The molecule has 4 aliphatic rings. The Kier molecular flexibility index (Phi) is 9.60. The van der Waals surface area contributed by atoms with E-state index in [0.29, 0.717) is 33.8 Å². The predicted molar refractivity (Wildman–Crippen MR) is 174 cm³/mol. The molecule has 2 aliphatic carbocycles. The highest BCUT2D eigenvalue weighted by Gasteiger charge is 2.61. The number of aliphatic carboxylic acids is 1. The fraction of sp³-hybridized carbons (Fsp3) is 0.514. The Labute approximate surface area is 278 Å². The quantitative estimate of drug-likeness (QED) is 0.308. The molecule has 6 rings (SSSR count). The number of nitrogens with zero attached hydrogens (tertiary/aromatic N) is 2. The van der Waals surface area contributed by atoms with E-state index in [2.05, 4.69) is 21.5 Å². The van der Waals surface area contributed by atoms with E-state index >= 15 is 0 Å². The van der Waals surface area contributed by atoms with Crippen LogP contribution in [0.25, 0.3) is 10.9 Å². The number of halogens is 1. The summed E-state index contributed by atoms with van der Waals surface area (Å²) in [5, 5.41) is 16.8. The van der Waals surface area contributed by atoms with Crippen LogP contribution in [0.2, 0.25) is 5.02 Å². The number of para-hydroxylation sites is 1. The molecule has 248 valence electrons. The first-order valence-electron chi connectivity index (χ1n) is 16.4. The Balaban J connectivity index is 1.26. The standard InChI is InChI=1S/C35H39ClN4O7/c1-2-22-16-29(26-14-9-15-27(36)31(26)37-22)46-25-18-28-32(42)39-35(33(43)44)19-21(35)10-5-3-4-6-11-23(17-30(41)40(28)20-25)38-34(45)47-24-12-7-8-13-24/h1,5,9-10,14-16,21,23-25,28H,3-4,6-8,11-13,17-20H2,(H,38,45)(H,39,42)(H,43,44)/b10-5-/t21-,23+,25-,28+,35-/m1/s1. The van der Waals surface area contributed by atoms with Crippen LogP contribution >= 0.6 is 11.6 Å². The van der Waals surface area contributed by atoms with Crippen LogP contribution in [-0.4, -0.2) is 75.2 Å². The smallest absolute Gasteiger partial charge is 0.407 e. The van der Waals surface area contributed by atoms with Gasteiger partial charge in [0, 0.05) is 36.3 Å². The molecule has 2 aromatic rings. The zero-order valence-electron chi connectivity index (χ0n) is 26.1. The van der Waals surface area contributed by atoms with Crippen LogP contribution in [-0.2, 0) is 19.1 Å². The molecular formula is C35H39ClN4O7. The number of amides is 3. The summed E-state index contributed by atoms with van der Waals surface area (Å²) in [5.41, 5.74) is -0.636. The van der Waals surface area contributed by atoms with Gasteiger partial charge in [-0.2, -0.15) is 0 Å². The van der Waals surface area contributed by atoms with Crippen molar-refractivity contribution >= 4 is 46.4 Å². The Bertz CT molecular complexity index is 1630. The summed E-state index contributed by atoms with van der Waals surface area (Å²) in [7, 11) is 0. The van der Waals surface area contributed by atoms with Crippen LogP contribution in [0, 0.1) is 18.3 Å². The second-order valence-electron chi connectivity index (χ2n) is 13.0. The van der Waals surface area contributed by atoms with Crippen molar-refractivity contribution in [1.29, 1.82) is 0 Å². The van der Waals surface area contributed by atoms with Crippen molar-refractivity contribution in [2.24, 2.45) is 5.92 Å². The Hall–Kier alpha value is -4.30. The average Bonchev–Trinajstić information content (AvgIpc) is 3.32. The lowest BCUT2D eigenvalue weighted by Crippen LogP contribution is -2.53. The van der Waals surface area contributed by atoms with Gasteiger partial charge in [0.05, 0.1) is 17.1 Å². The zero-order chi connectivity index (χ0) is 33.1. The number of terminal acetylenes is 1. The normalized spacial score (nSPS) is 29.0. The van der Waals surface area contributed by atoms with E-state index in [-0.39, 0.29) is 43.7 Å². The summed E-state index contributed by atoms with van der Waals surface area (Å²) in [5.74, 6) is 0.562. The van der Waals surface area contributed by atoms with Gasteiger partial charge >= 0.3 is 12.1 Å². The molecule has 0 radical (unpaired) electrons. The van der Waals surface area contributed by atoms with E-state index in [9.17, 15) is 24.3 Å². The summed E-state index contributed by atoms with van der Waals surface area (Å²) in [6.45, 7) is 0.0648. The molecule has 2 saturated carbocycles. The highest BCUT2D eigenvalue weighted by atomic mass is 35.5. The molecule has 1 saturated heterocycles. The van der Waals surface area contributed by atoms with Crippen LogP contribution in [0.5, 0.6) is 5.75 Å². The number of carbonyl (C=O) groups excluding carboxylic acids is 3. The number of rotatable bonds is 5. The van der Waals surface area contributed by atoms with Gasteiger partial charge in [0.25, 0.3) is 0 Å². The van der Waals surface area contributed by atoms with E-state index in [1.807, 2.05) is 12.2 Å². The summed E-state index contributed by atoms with van der Waals surface area (Å²) in [4.78, 5) is 58.9. The van der Waals surface area contributed by atoms with E-state index in [4.69, 9.17) is 27.5 Å². The minimum Gasteiger partial charge on any atom is -0.488 e. The molecule has 3 fully saturated rings. The van der Waals surface area contributed by atoms with Crippen LogP contribution in [0.3, 0.4) is 0 Å². The zero-order valence-corrected chi connectivity index (χ0v) is 26.8. The van der Waals surface area contributed by atoms with Gasteiger partial charge in [0.2, 0.25) is 11.8 Å². The summed E-state index contributed by atoms with van der Waals surface area (Å²) >= 11 is 6.41. The van der Waals surface area contributed by atoms with Gasteiger partial charge in [-0.15, -0.1) is 6.42 Å². The van der Waals surface area contributed by atoms with E-state index < -0.39 is 41.7 Å². The third-order valence-electron chi connectivity index (χ3n) is 9.68. The Morgan fingerprint density at radius 1 is 1.15 bits per heavy atom. The number of pyridine rings is 1. The van der Waals surface area contributed by atoms with Gasteiger partial charge in [-0.25, -0.2) is 14.6 Å². The Morgan fingerprint density at radius 2 is 1.94 bits per heavy atom. The van der Waals surface area contributed by atoms with Crippen LogP contribution in [0.15, 0.2) is 36.4 Å². The molecule has 0 bridgehead atoms. The van der Waals surface area contributed by atoms with Gasteiger partial charge in [-0.05, 0) is 63.5 Å². The van der Waals surface area contributed by atoms with Crippen molar-refractivity contribution in [2.45, 2.75) is 100 Å². The molecule has 0 spiro atoms. The topological polar surface area (TPSA) is 147 Å². The summed E-state index contributed by atoms with van der Waals surface area (Å²) in [6.07, 6.45) is 15.0. The highest BCUT2D eigenvalue weighted by molar-refractivity contribution is 6.35. The molecule has 2 aliphatic heterocycles. The van der Waals surface area contributed by atoms with E-state index in [1.54, 1.807) is 24.3 Å². The summed E-state index contributed by atoms with van der Waals surface area (Å²) in [6, 6.07) is 5.39. The third-order valence-corrected chi connectivity index (χ3v) is 9.99. The monoisotopic (exact) mass is 662 g/mol. The minimum absolute atomic E-state index is 0.0478.